The standard InChI is InChI=1S/C19H30N4O4/c1-26-13-15-5-3-9-21(11-15)18-8-7-17(23(24)25)19(20-18)22-10-4-6-16(12-22)14-27-2/h7-8,15-16H,3-6,9-14H2,1-2H3. The summed E-state index contributed by atoms with van der Waals surface area (Å²) in [5.74, 6) is 2.18. The lowest BCUT2D eigenvalue weighted by Crippen LogP contribution is -2.39. The molecule has 0 bridgehead atoms. The Balaban J connectivity index is 1.83. The lowest BCUT2D eigenvalue weighted by Gasteiger charge is -2.35. The van der Waals surface area contributed by atoms with E-state index < -0.39 is 0 Å². The summed E-state index contributed by atoms with van der Waals surface area (Å²) in [4.78, 5) is 20.3. The Hall–Kier alpha value is -1.93. The molecule has 2 unspecified atom stereocenters. The molecule has 0 radical (unpaired) electrons. The van der Waals surface area contributed by atoms with E-state index in [9.17, 15) is 10.1 Å². The van der Waals surface area contributed by atoms with Crippen LogP contribution in [0.25, 0.3) is 0 Å². The van der Waals surface area contributed by atoms with E-state index in [1.165, 1.54) is 0 Å². The zero-order valence-electron chi connectivity index (χ0n) is 16.3. The van der Waals surface area contributed by atoms with E-state index in [1.54, 1.807) is 26.4 Å². The molecule has 8 heteroatoms. The third kappa shape index (κ3) is 4.87. The van der Waals surface area contributed by atoms with Crippen molar-refractivity contribution in [3.05, 3.63) is 22.2 Å². The van der Waals surface area contributed by atoms with Crippen LogP contribution in [0.15, 0.2) is 12.1 Å². The number of hydrogen-bond donors (Lipinski definition) is 0. The van der Waals surface area contributed by atoms with Gasteiger partial charge in [-0.3, -0.25) is 10.1 Å². The van der Waals surface area contributed by atoms with E-state index >= 15 is 0 Å². The van der Waals surface area contributed by atoms with E-state index in [1.807, 2.05) is 0 Å². The Labute approximate surface area is 160 Å². The molecule has 0 aromatic carbocycles. The van der Waals surface area contributed by atoms with Gasteiger partial charge >= 0.3 is 5.69 Å². The van der Waals surface area contributed by atoms with Gasteiger partial charge in [-0.2, -0.15) is 0 Å². The Kier molecular flexibility index (Phi) is 6.84. The maximum absolute atomic E-state index is 11.6. The van der Waals surface area contributed by atoms with E-state index in [0.29, 0.717) is 24.3 Å². The lowest BCUT2D eigenvalue weighted by molar-refractivity contribution is -0.384. The number of anilines is 2. The first-order valence-electron chi connectivity index (χ1n) is 9.75. The molecule has 27 heavy (non-hydrogen) atoms. The maximum atomic E-state index is 11.6. The van der Waals surface area contributed by atoms with Crippen LogP contribution in [0.1, 0.15) is 25.7 Å². The average Bonchev–Trinajstić information content (AvgIpc) is 2.68. The number of methoxy groups -OCH3 is 2. The van der Waals surface area contributed by atoms with Gasteiger partial charge in [0.1, 0.15) is 5.82 Å². The van der Waals surface area contributed by atoms with Crippen LogP contribution >= 0.6 is 0 Å². The number of ether oxygens (including phenoxy) is 2. The molecule has 2 atom stereocenters. The fraction of sp³-hybridized carbons (Fsp3) is 0.737. The fourth-order valence-corrected chi connectivity index (χ4v) is 4.26. The summed E-state index contributed by atoms with van der Waals surface area (Å²) in [5.41, 5.74) is 0.0854. The van der Waals surface area contributed by atoms with Crippen LogP contribution in [0, 0.1) is 22.0 Å². The van der Waals surface area contributed by atoms with E-state index in [4.69, 9.17) is 14.5 Å². The number of aromatic nitrogens is 1. The Morgan fingerprint density at radius 2 is 1.67 bits per heavy atom. The zero-order chi connectivity index (χ0) is 19.2. The number of rotatable bonds is 7. The largest absolute Gasteiger partial charge is 0.384 e. The second-order valence-corrected chi connectivity index (χ2v) is 7.59. The first kappa shape index (κ1) is 19.8. The molecule has 2 fully saturated rings. The summed E-state index contributed by atoms with van der Waals surface area (Å²) in [6, 6.07) is 3.39. The SMILES string of the molecule is COCC1CCCN(c2ccc([N+](=O)[O-])c(N3CCCC(COC)C3)n2)C1. The predicted molar refractivity (Wildman–Crippen MR) is 105 cm³/mol. The van der Waals surface area contributed by atoms with Crippen molar-refractivity contribution in [1.82, 2.24) is 4.98 Å². The van der Waals surface area contributed by atoms with Crippen molar-refractivity contribution in [2.24, 2.45) is 11.8 Å². The summed E-state index contributed by atoms with van der Waals surface area (Å²) in [7, 11) is 3.43. The normalized spacial score (nSPS) is 23.5. The molecule has 0 spiro atoms. The van der Waals surface area contributed by atoms with Crippen LogP contribution in [0.2, 0.25) is 0 Å². The molecule has 2 aliphatic heterocycles. The highest BCUT2D eigenvalue weighted by atomic mass is 16.6. The molecule has 3 heterocycles. The molecule has 2 saturated heterocycles. The molecule has 0 aliphatic carbocycles. The molecule has 150 valence electrons. The van der Waals surface area contributed by atoms with Crippen LogP contribution < -0.4 is 9.80 Å². The van der Waals surface area contributed by atoms with Crippen molar-refractivity contribution in [2.75, 3.05) is 63.4 Å². The second kappa shape index (κ2) is 9.32. The summed E-state index contributed by atoms with van der Waals surface area (Å²) in [6.45, 7) is 4.76. The minimum atomic E-state index is -0.323. The van der Waals surface area contributed by atoms with Crippen LogP contribution in [0.4, 0.5) is 17.3 Å². The number of pyridine rings is 1. The monoisotopic (exact) mass is 378 g/mol. The van der Waals surface area contributed by atoms with Crippen LogP contribution in [0.5, 0.6) is 0 Å². The van der Waals surface area contributed by atoms with Gasteiger partial charge in [0.15, 0.2) is 0 Å². The highest BCUT2D eigenvalue weighted by molar-refractivity contribution is 5.62. The van der Waals surface area contributed by atoms with E-state index in [-0.39, 0.29) is 10.6 Å². The van der Waals surface area contributed by atoms with Gasteiger partial charge < -0.3 is 19.3 Å². The molecule has 0 amide bonds. The number of piperidine rings is 2. The third-order valence-electron chi connectivity index (χ3n) is 5.50. The smallest absolute Gasteiger partial charge is 0.311 e. The van der Waals surface area contributed by atoms with Crippen molar-refractivity contribution >= 4 is 17.3 Å². The van der Waals surface area contributed by atoms with Gasteiger partial charge in [-0.05, 0) is 43.6 Å². The third-order valence-corrected chi connectivity index (χ3v) is 5.50. The fourth-order valence-electron chi connectivity index (χ4n) is 4.26. The quantitative estimate of drug-likeness (QED) is 0.533. The molecular formula is C19H30N4O4. The van der Waals surface area contributed by atoms with E-state index in [2.05, 4.69) is 9.80 Å². The Morgan fingerprint density at radius 3 is 2.26 bits per heavy atom. The van der Waals surface area contributed by atoms with Gasteiger partial charge in [0.05, 0.1) is 18.1 Å². The van der Waals surface area contributed by atoms with Crippen molar-refractivity contribution in [3.63, 3.8) is 0 Å². The van der Waals surface area contributed by atoms with Crippen molar-refractivity contribution < 1.29 is 14.4 Å². The van der Waals surface area contributed by atoms with Crippen molar-refractivity contribution in [1.29, 1.82) is 0 Å². The Bertz CT molecular complexity index is 638. The predicted octanol–water partition coefficient (Wildman–Crippen LogP) is 2.72. The zero-order valence-corrected chi connectivity index (χ0v) is 16.3. The second-order valence-electron chi connectivity index (χ2n) is 7.59. The molecule has 8 nitrogen and oxygen atoms in total. The van der Waals surface area contributed by atoms with Gasteiger partial charge in [0, 0.05) is 46.5 Å². The topological polar surface area (TPSA) is 81.0 Å². The van der Waals surface area contributed by atoms with Crippen molar-refractivity contribution in [3.8, 4) is 0 Å². The number of hydrogen-bond acceptors (Lipinski definition) is 7. The highest BCUT2D eigenvalue weighted by Gasteiger charge is 2.29. The minimum Gasteiger partial charge on any atom is -0.384 e. The minimum absolute atomic E-state index is 0.0854. The van der Waals surface area contributed by atoms with Gasteiger partial charge in [-0.1, -0.05) is 0 Å². The van der Waals surface area contributed by atoms with Crippen LogP contribution in [-0.2, 0) is 9.47 Å². The molecule has 1 aromatic rings. The highest BCUT2D eigenvalue weighted by Crippen LogP contribution is 2.33. The first-order chi connectivity index (χ1) is 13.1. The van der Waals surface area contributed by atoms with Gasteiger partial charge in [-0.15, -0.1) is 0 Å². The lowest BCUT2D eigenvalue weighted by atomic mass is 9.98. The number of nitrogens with zero attached hydrogens (tertiary/aromatic N) is 4. The van der Waals surface area contributed by atoms with Gasteiger partial charge in [0.2, 0.25) is 5.82 Å². The van der Waals surface area contributed by atoms with E-state index in [0.717, 1.165) is 64.3 Å². The average molecular weight is 378 g/mol. The van der Waals surface area contributed by atoms with Gasteiger partial charge in [-0.25, -0.2) is 4.98 Å². The maximum Gasteiger partial charge on any atom is 0.311 e. The Morgan fingerprint density at radius 1 is 1.07 bits per heavy atom. The summed E-state index contributed by atoms with van der Waals surface area (Å²) in [6.07, 6.45) is 4.32. The van der Waals surface area contributed by atoms with Gasteiger partial charge in [0.25, 0.3) is 0 Å². The molecule has 0 saturated carbocycles. The van der Waals surface area contributed by atoms with Crippen LogP contribution in [0.3, 0.4) is 0 Å². The summed E-state index contributed by atoms with van der Waals surface area (Å²) in [5, 5.41) is 11.6. The molecule has 2 aliphatic rings. The molecule has 3 rings (SSSR count). The molecule has 0 N–H and O–H groups in total. The van der Waals surface area contributed by atoms with Crippen LogP contribution in [-0.4, -0.2) is 63.5 Å². The van der Waals surface area contributed by atoms with Crippen molar-refractivity contribution in [2.45, 2.75) is 25.7 Å². The molecular weight excluding hydrogens is 348 g/mol. The first-order valence-corrected chi connectivity index (χ1v) is 9.75. The molecule has 1 aromatic heterocycles. The summed E-state index contributed by atoms with van der Waals surface area (Å²) >= 11 is 0. The summed E-state index contributed by atoms with van der Waals surface area (Å²) < 4.78 is 10.6. The number of nitro groups is 1.